The van der Waals surface area contributed by atoms with Crippen molar-refractivity contribution in [1.29, 1.82) is 0 Å². The van der Waals surface area contributed by atoms with E-state index in [2.05, 4.69) is 0 Å². The lowest BCUT2D eigenvalue weighted by Crippen LogP contribution is -2.39. The highest BCUT2D eigenvalue weighted by atomic mass is 32.1. The third-order valence-corrected chi connectivity index (χ3v) is 5.60. The summed E-state index contributed by atoms with van der Waals surface area (Å²) in [5.74, 6) is 0. The molecule has 0 saturated carbocycles. The van der Waals surface area contributed by atoms with E-state index in [1.807, 2.05) is 100 Å². The lowest BCUT2D eigenvalue weighted by molar-refractivity contribution is -0.366. The number of hydrogen-bond acceptors (Lipinski definition) is 6. The first kappa shape index (κ1) is 28.3. The number of rotatable bonds is 6. The Labute approximate surface area is 186 Å². The van der Waals surface area contributed by atoms with Gasteiger partial charge in [-0.2, -0.15) is 0 Å². The number of halogens is 1. The standard InChI is InChI=1S/2C10H14NOS.BFO2/c2*1-8-4-6-9(7-5-8)10(13-12)11(2)3;2-1(3)4/h2*4-7,10H,1-3H3;/q2*+1;-2. The van der Waals surface area contributed by atoms with Gasteiger partial charge < -0.3 is 14.4 Å². The molecule has 0 radical (unpaired) electrons. The van der Waals surface area contributed by atoms with Crippen molar-refractivity contribution in [2.75, 3.05) is 28.2 Å². The van der Waals surface area contributed by atoms with Crippen LogP contribution in [0.3, 0.4) is 0 Å². The molecule has 0 spiro atoms. The quantitative estimate of drug-likeness (QED) is 0.375. The predicted molar refractivity (Wildman–Crippen MR) is 118 cm³/mol. The number of hydrogen-bond donors (Lipinski definition) is 0. The Morgan fingerprint density at radius 1 is 0.733 bits per heavy atom. The first-order valence-electron chi connectivity index (χ1n) is 9.02. The van der Waals surface area contributed by atoms with Gasteiger partial charge in [-0.15, -0.1) is 0 Å². The van der Waals surface area contributed by atoms with Crippen molar-refractivity contribution in [3.05, 3.63) is 70.8 Å². The normalized spacial score (nSPS) is 12.1. The highest BCUT2D eigenvalue weighted by Gasteiger charge is 2.26. The highest BCUT2D eigenvalue weighted by Crippen LogP contribution is 2.18. The molecule has 2 aromatic rings. The zero-order chi connectivity index (χ0) is 23.3. The molecular weight excluding hydrogens is 426 g/mol. The lowest BCUT2D eigenvalue weighted by Gasteiger charge is -2.09. The second-order valence-electron chi connectivity index (χ2n) is 6.92. The maximum Gasteiger partial charge on any atom is 0.484 e. The van der Waals surface area contributed by atoms with Crippen molar-refractivity contribution in [2.45, 2.75) is 24.6 Å². The van der Waals surface area contributed by atoms with Crippen LogP contribution in [0.1, 0.15) is 33.0 Å². The molecule has 0 aliphatic heterocycles. The molecular formula is C20H28BFN2O4S2. The van der Waals surface area contributed by atoms with Gasteiger partial charge in [0, 0.05) is 19.5 Å². The molecule has 10 heteroatoms. The summed E-state index contributed by atoms with van der Waals surface area (Å²) in [7, 11) is 4.48. The number of benzene rings is 2. The van der Waals surface area contributed by atoms with Gasteiger partial charge >= 0.3 is 34.1 Å². The second kappa shape index (κ2) is 15.2. The zero-order valence-electron chi connectivity index (χ0n) is 18.1. The van der Waals surface area contributed by atoms with Crippen molar-refractivity contribution in [3.63, 3.8) is 0 Å². The van der Waals surface area contributed by atoms with Crippen LogP contribution in [0.25, 0.3) is 0 Å². The van der Waals surface area contributed by atoms with Gasteiger partial charge in [-0.3, -0.25) is 0 Å². The Kier molecular flexibility index (Phi) is 14.3. The fourth-order valence-corrected chi connectivity index (χ4v) is 3.22. The summed E-state index contributed by atoms with van der Waals surface area (Å²) in [5.41, 5.74) is 4.57. The molecule has 164 valence electrons. The van der Waals surface area contributed by atoms with E-state index in [0.717, 1.165) is 11.1 Å². The van der Waals surface area contributed by atoms with Crippen LogP contribution in [-0.4, -0.2) is 45.4 Å². The van der Waals surface area contributed by atoms with E-state index in [4.69, 9.17) is 10.0 Å². The summed E-state index contributed by atoms with van der Waals surface area (Å²) in [4.78, 5) is 3.84. The third kappa shape index (κ3) is 11.5. The molecule has 2 aromatic carbocycles. The summed E-state index contributed by atoms with van der Waals surface area (Å²) in [6, 6.07) is 16.1. The Morgan fingerprint density at radius 2 is 0.967 bits per heavy atom. The SMILES string of the molecule is Cc1ccc(C([S+]=O)N(C)C)cc1.Cc1ccc(C([S+]=O)N(C)C)cc1.[O-]B([O-])F. The van der Waals surface area contributed by atoms with E-state index >= 15 is 0 Å². The van der Waals surface area contributed by atoms with Crippen LogP contribution >= 0.6 is 0 Å². The minimum Gasteiger partial charge on any atom is -0.867 e. The minimum absolute atomic E-state index is 0.0828. The maximum atomic E-state index is 10.8. The maximum absolute atomic E-state index is 10.8. The van der Waals surface area contributed by atoms with Crippen LogP contribution in [0.15, 0.2) is 48.5 Å². The van der Waals surface area contributed by atoms with Crippen molar-refractivity contribution in [3.8, 4) is 0 Å². The van der Waals surface area contributed by atoms with Crippen molar-refractivity contribution < 1.29 is 22.8 Å². The van der Waals surface area contributed by atoms with E-state index < -0.39 is 7.40 Å². The average Bonchev–Trinajstić information content (AvgIpc) is 2.65. The third-order valence-electron chi connectivity index (χ3n) is 3.85. The molecule has 0 fully saturated rings. The van der Waals surface area contributed by atoms with Gasteiger partial charge in [0.25, 0.3) is 0 Å². The average molecular weight is 454 g/mol. The molecule has 0 N–H and O–H groups in total. The van der Waals surface area contributed by atoms with Crippen LogP contribution < -0.4 is 10.0 Å². The van der Waals surface area contributed by atoms with Crippen LogP contribution in [0.5, 0.6) is 0 Å². The van der Waals surface area contributed by atoms with Crippen LogP contribution in [-0.2, 0) is 31.8 Å². The largest absolute Gasteiger partial charge is 0.867 e. The Balaban J connectivity index is 0.000000477. The van der Waals surface area contributed by atoms with E-state index in [9.17, 15) is 12.7 Å². The van der Waals surface area contributed by atoms with Gasteiger partial charge in [0.15, 0.2) is 0 Å². The Morgan fingerprint density at radius 3 is 1.13 bits per heavy atom. The van der Waals surface area contributed by atoms with Crippen LogP contribution in [0.2, 0.25) is 0 Å². The highest BCUT2D eigenvalue weighted by molar-refractivity contribution is 7.66. The number of aryl methyl sites for hydroxylation is 2. The molecule has 0 amide bonds. The molecule has 2 atom stereocenters. The molecule has 0 bridgehead atoms. The van der Waals surface area contributed by atoms with Crippen molar-refractivity contribution >= 4 is 30.7 Å². The van der Waals surface area contributed by atoms with E-state index in [1.165, 1.54) is 11.1 Å². The molecule has 2 unspecified atom stereocenters. The second-order valence-corrected chi connectivity index (χ2v) is 8.20. The van der Waals surface area contributed by atoms with Gasteiger partial charge in [-0.25, -0.2) is 9.80 Å². The topological polar surface area (TPSA) is 86.7 Å². The van der Waals surface area contributed by atoms with Crippen LogP contribution in [0, 0.1) is 13.8 Å². The fraction of sp³-hybridized carbons (Fsp3) is 0.400. The Hall–Kier alpha value is -1.69. The molecule has 30 heavy (non-hydrogen) atoms. The smallest absolute Gasteiger partial charge is 0.484 e. The van der Waals surface area contributed by atoms with Gasteiger partial charge in [-0.05, 0) is 42.0 Å². The monoisotopic (exact) mass is 454 g/mol. The molecule has 0 aliphatic rings. The molecule has 0 aromatic heterocycles. The minimum atomic E-state index is -3.17. The molecule has 6 nitrogen and oxygen atoms in total. The first-order chi connectivity index (χ1) is 14.0. The fourth-order valence-electron chi connectivity index (χ4n) is 2.34. The van der Waals surface area contributed by atoms with Gasteiger partial charge in [-0.1, -0.05) is 59.7 Å². The van der Waals surface area contributed by atoms with Gasteiger partial charge in [0.1, 0.15) is 7.40 Å². The van der Waals surface area contributed by atoms with Gasteiger partial charge in [0.2, 0.25) is 0 Å². The summed E-state index contributed by atoms with van der Waals surface area (Å²) in [6.07, 6.45) is 0. The molecule has 0 aliphatic carbocycles. The number of nitrogens with zero attached hydrogens (tertiary/aromatic N) is 2. The van der Waals surface area contributed by atoms with E-state index in [-0.39, 0.29) is 10.7 Å². The molecule has 0 heterocycles. The predicted octanol–water partition coefficient (Wildman–Crippen LogP) is 1.63. The summed E-state index contributed by atoms with van der Waals surface area (Å²) in [6.45, 7) is 4.08. The van der Waals surface area contributed by atoms with Gasteiger partial charge in [0.05, 0.1) is 0 Å². The zero-order valence-corrected chi connectivity index (χ0v) is 19.7. The van der Waals surface area contributed by atoms with E-state index in [1.54, 1.807) is 0 Å². The summed E-state index contributed by atoms with van der Waals surface area (Å²) >= 11 is 1.23. The first-order valence-corrected chi connectivity index (χ1v) is 10.6. The van der Waals surface area contributed by atoms with Crippen molar-refractivity contribution in [1.82, 2.24) is 9.80 Å². The Bertz CT molecular complexity index is 683. The summed E-state index contributed by atoms with van der Waals surface area (Å²) < 4.78 is 31.6. The van der Waals surface area contributed by atoms with Crippen molar-refractivity contribution in [2.24, 2.45) is 0 Å². The van der Waals surface area contributed by atoms with E-state index in [0.29, 0.717) is 23.3 Å². The van der Waals surface area contributed by atoms with Crippen LogP contribution in [0.4, 0.5) is 4.32 Å². The lowest BCUT2D eigenvalue weighted by atomic mass is 10.1. The molecule has 2 rings (SSSR count). The summed E-state index contributed by atoms with van der Waals surface area (Å²) in [5, 5.41) is 16.4. The molecule has 0 saturated heterocycles.